The lowest BCUT2D eigenvalue weighted by Crippen LogP contribution is -2.36. The SMILES string of the molecule is CSCCCNC(=O)NCCCCCC(=O)O. The van der Waals surface area contributed by atoms with E-state index in [1.54, 1.807) is 11.8 Å². The third-order valence-corrected chi connectivity index (χ3v) is 2.86. The van der Waals surface area contributed by atoms with Gasteiger partial charge < -0.3 is 15.7 Å². The number of urea groups is 1. The predicted molar refractivity (Wildman–Crippen MR) is 70.5 cm³/mol. The van der Waals surface area contributed by atoms with Gasteiger partial charge in [-0.25, -0.2) is 4.79 Å². The highest BCUT2D eigenvalue weighted by Gasteiger charge is 1.99. The molecule has 0 fully saturated rings. The molecule has 0 atom stereocenters. The van der Waals surface area contributed by atoms with Gasteiger partial charge in [0.1, 0.15) is 0 Å². The van der Waals surface area contributed by atoms with Gasteiger partial charge in [-0.15, -0.1) is 0 Å². The molecular formula is C11H22N2O3S. The monoisotopic (exact) mass is 262 g/mol. The molecule has 0 aromatic carbocycles. The largest absolute Gasteiger partial charge is 0.481 e. The molecule has 0 aromatic heterocycles. The summed E-state index contributed by atoms with van der Waals surface area (Å²) < 4.78 is 0. The molecule has 6 heteroatoms. The van der Waals surface area contributed by atoms with Gasteiger partial charge in [0.05, 0.1) is 0 Å². The van der Waals surface area contributed by atoms with E-state index in [1.165, 1.54) is 0 Å². The summed E-state index contributed by atoms with van der Waals surface area (Å²) in [6.45, 7) is 1.31. The zero-order valence-electron chi connectivity index (χ0n) is 10.3. The van der Waals surface area contributed by atoms with Gasteiger partial charge in [0.2, 0.25) is 0 Å². The Balaban J connectivity index is 3.19. The van der Waals surface area contributed by atoms with Crippen LogP contribution in [0.4, 0.5) is 4.79 Å². The molecule has 0 heterocycles. The van der Waals surface area contributed by atoms with Crippen LogP contribution >= 0.6 is 11.8 Å². The van der Waals surface area contributed by atoms with Crippen LogP contribution in [0.3, 0.4) is 0 Å². The van der Waals surface area contributed by atoms with Gasteiger partial charge in [-0.3, -0.25) is 4.79 Å². The Hall–Kier alpha value is -0.910. The summed E-state index contributed by atoms with van der Waals surface area (Å²) >= 11 is 1.76. The molecule has 0 radical (unpaired) electrons. The molecule has 5 nitrogen and oxygen atoms in total. The Morgan fingerprint density at radius 3 is 2.29 bits per heavy atom. The fourth-order valence-corrected chi connectivity index (χ4v) is 1.69. The number of rotatable bonds is 10. The van der Waals surface area contributed by atoms with Gasteiger partial charge in [-0.1, -0.05) is 6.42 Å². The van der Waals surface area contributed by atoms with E-state index in [9.17, 15) is 9.59 Å². The first-order valence-electron chi connectivity index (χ1n) is 5.89. The lowest BCUT2D eigenvalue weighted by Gasteiger charge is -2.06. The van der Waals surface area contributed by atoms with Crippen molar-refractivity contribution in [1.82, 2.24) is 10.6 Å². The number of carbonyl (C=O) groups is 2. The average molecular weight is 262 g/mol. The van der Waals surface area contributed by atoms with Crippen molar-refractivity contribution in [2.24, 2.45) is 0 Å². The highest BCUT2D eigenvalue weighted by molar-refractivity contribution is 7.98. The number of carbonyl (C=O) groups excluding carboxylic acids is 1. The average Bonchev–Trinajstić information content (AvgIpc) is 2.29. The van der Waals surface area contributed by atoms with Crippen molar-refractivity contribution in [3.05, 3.63) is 0 Å². The second-order valence-corrected chi connectivity index (χ2v) is 4.72. The number of carboxylic acids is 1. The summed E-state index contributed by atoms with van der Waals surface area (Å²) in [7, 11) is 0. The number of carboxylic acid groups (broad SMARTS) is 1. The predicted octanol–water partition coefficient (Wildman–Crippen LogP) is 1.68. The van der Waals surface area contributed by atoms with Crippen molar-refractivity contribution in [3.8, 4) is 0 Å². The third kappa shape index (κ3) is 13.0. The van der Waals surface area contributed by atoms with Crippen LogP contribution in [0.5, 0.6) is 0 Å². The van der Waals surface area contributed by atoms with Crippen LogP contribution < -0.4 is 10.6 Å². The van der Waals surface area contributed by atoms with Crippen molar-refractivity contribution >= 4 is 23.8 Å². The molecule has 0 aliphatic carbocycles. The molecule has 0 bridgehead atoms. The zero-order chi connectivity index (χ0) is 12.9. The van der Waals surface area contributed by atoms with Crippen LogP contribution in [0.25, 0.3) is 0 Å². The molecule has 3 N–H and O–H groups in total. The number of hydrogen-bond acceptors (Lipinski definition) is 3. The highest BCUT2D eigenvalue weighted by atomic mass is 32.2. The first kappa shape index (κ1) is 16.1. The maximum absolute atomic E-state index is 11.2. The lowest BCUT2D eigenvalue weighted by atomic mass is 10.2. The van der Waals surface area contributed by atoms with Crippen molar-refractivity contribution in [2.75, 3.05) is 25.1 Å². The quantitative estimate of drug-likeness (QED) is 0.523. The molecule has 0 rings (SSSR count). The van der Waals surface area contributed by atoms with Gasteiger partial charge in [0, 0.05) is 19.5 Å². The van der Waals surface area contributed by atoms with Crippen molar-refractivity contribution in [1.29, 1.82) is 0 Å². The van der Waals surface area contributed by atoms with Gasteiger partial charge in [0.15, 0.2) is 0 Å². The van der Waals surface area contributed by atoms with Gasteiger partial charge in [0.25, 0.3) is 0 Å². The van der Waals surface area contributed by atoms with E-state index in [4.69, 9.17) is 5.11 Å². The minimum atomic E-state index is -0.760. The molecule has 0 unspecified atom stereocenters. The van der Waals surface area contributed by atoms with E-state index in [-0.39, 0.29) is 12.5 Å². The van der Waals surface area contributed by atoms with Crippen LogP contribution in [-0.4, -0.2) is 42.2 Å². The van der Waals surface area contributed by atoms with E-state index >= 15 is 0 Å². The summed E-state index contributed by atoms with van der Waals surface area (Å²) in [6.07, 6.45) is 5.56. The van der Waals surface area contributed by atoms with Gasteiger partial charge >= 0.3 is 12.0 Å². The van der Waals surface area contributed by atoms with E-state index in [0.29, 0.717) is 19.5 Å². The summed E-state index contributed by atoms with van der Waals surface area (Å²) in [5, 5.41) is 13.9. The van der Waals surface area contributed by atoms with E-state index in [1.807, 2.05) is 6.26 Å². The number of unbranched alkanes of at least 4 members (excludes halogenated alkanes) is 2. The van der Waals surface area contributed by atoms with Crippen molar-refractivity contribution < 1.29 is 14.7 Å². The molecule has 0 aliphatic heterocycles. The standard InChI is InChI=1S/C11H22N2O3S/c1-17-9-5-8-13-11(16)12-7-4-2-3-6-10(14)15/h2-9H2,1H3,(H,14,15)(H2,12,13,16). The summed E-state index contributed by atoms with van der Waals surface area (Å²) in [5.41, 5.74) is 0. The minimum Gasteiger partial charge on any atom is -0.481 e. The number of nitrogens with one attached hydrogen (secondary N) is 2. The molecule has 0 spiro atoms. The molecule has 2 amide bonds. The maximum atomic E-state index is 11.2. The molecule has 0 saturated heterocycles. The molecule has 100 valence electrons. The molecular weight excluding hydrogens is 240 g/mol. The van der Waals surface area contributed by atoms with Crippen LogP contribution in [0.15, 0.2) is 0 Å². The third-order valence-electron chi connectivity index (χ3n) is 2.16. The van der Waals surface area contributed by atoms with Crippen LogP contribution in [0.2, 0.25) is 0 Å². The first-order valence-corrected chi connectivity index (χ1v) is 7.28. The zero-order valence-corrected chi connectivity index (χ0v) is 11.1. The Bertz CT molecular complexity index is 225. The van der Waals surface area contributed by atoms with Crippen molar-refractivity contribution in [3.63, 3.8) is 0 Å². The number of thioether (sulfide) groups is 1. The summed E-state index contributed by atoms with van der Waals surface area (Å²) in [6, 6.07) is -0.135. The first-order chi connectivity index (χ1) is 8.16. The molecule has 0 aromatic rings. The number of amides is 2. The van der Waals surface area contributed by atoms with E-state index < -0.39 is 5.97 Å². The molecule has 0 saturated carbocycles. The lowest BCUT2D eigenvalue weighted by molar-refractivity contribution is -0.137. The second-order valence-electron chi connectivity index (χ2n) is 3.73. The van der Waals surface area contributed by atoms with Crippen molar-refractivity contribution in [2.45, 2.75) is 32.1 Å². The second kappa shape index (κ2) is 11.6. The minimum absolute atomic E-state index is 0.135. The molecule has 0 aliphatic rings. The number of hydrogen-bond donors (Lipinski definition) is 3. The van der Waals surface area contributed by atoms with Crippen LogP contribution in [0, 0.1) is 0 Å². The van der Waals surface area contributed by atoms with Crippen LogP contribution in [0.1, 0.15) is 32.1 Å². The Morgan fingerprint density at radius 2 is 1.71 bits per heavy atom. The normalized spacial score (nSPS) is 9.94. The maximum Gasteiger partial charge on any atom is 0.314 e. The van der Waals surface area contributed by atoms with Gasteiger partial charge in [-0.2, -0.15) is 11.8 Å². The Labute approximate surface area is 107 Å². The van der Waals surface area contributed by atoms with E-state index in [2.05, 4.69) is 10.6 Å². The fourth-order valence-electron chi connectivity index (χ4n) is 1.26. The topological polar surface area (TPSA) is 78.4 Å². The smallest absolute Gasteiger partial charge is 0.314 e. The van der Waals surface area contributed by atoms with Crippen LogP contribution in [-0.2, 0) is 4.79 Å². The van der Waals surface area contributed by atoms with Gasteiger partial charge in [-0.05, 0) is 31.3 Å². The summed E-state index contributed by atoms with van der Waals surface area (Å²) in [5.74, 6) is 0.291. The Morgan fingerprint density at radius 1 is 1.06 bits per heavy atom. The highest BCUT2D eigenvalue weighted by Crippen LogP contribution is 1.98. The molecule has 17 heavy (non-hydrogen) atoms. The Kier molecular flexibility index (Phi) is 11.0. The summed E-state index contributed by atoms with van der Waals surface area (Å²) in [4.78, 5) is 21.5. The van der Waals surface area contributed by atoms with E-state index in [0.717, 1.165) is 25.0 Å². The number of aliphatic carboxylic acids is 1. The fraction of sp³-hybridized carbons (Fsp3) is 0.818.